The van der Waals surface area contributed by atoms with Gasteiger partial charge in [0.15, 0.2) is 0 Å². The minimum Gasteiger partial charge on any atom is -0.380 e. The molecule has 3 rings (SSSR count). The van der Waals surface area contributed by atoms with Crippen LogP contribution in [0.1, 0.15) is 18.9 Å². The molecule has 5 nitrogen and oxygen atoms in total. The highest BCUT2D eigenvalue weighted by atomic mass is 16.5. The van der Waals surface area contributed by atoms with Gasteiger partial charge < -0.3 is 15.0 Å². The number of urea groups is 1. The van der Waals surface area contributed by atoms with Crippen LogP contribution >= 0.6 is 0 Å². The van der Waals surface area contributed by atoms with Gasteiger partial charge in [-0.25, -0.2) is 4.79 Å². The van der Waals surface area contributed by atoms with Gasteiger partial charge in [0.25, 0.3) is 0 Å². The van der Waals surface area contributed by atoms with Gasteiger partial charge in [-0.3, -0.25) is 4.90 Å². The van der Waals surface area contributed by atoms with Crippen molar-refractivity contribution in [2.75, 3.05) is 46.4 Å². The third kappa shape index (κ3) is 4.48. The van der Waals surface area contributed by atoms with Gasteiger partial charge in [-0.15, -0.1) is 0 Å². The summed E-state index contributed by atoms with van der Waals surface area (Å²) in [6.45, 7) is 8.36. The summed E-state index contributed by atoms with van der Waals surface area (Å²) in [6.07, 6.45) is 1.16. The Bertz CT molecular complexity index is 545. The van der Waals surface area contributed by atoms with Crippen molar-refractivity contribution >= 4 is 6.03 Å². The fourth-order valence-electron chi connectivity index (χ4n) is 3.62. The second kappa shape index (κ2) is 7.53. The molecule has 0 spiro atoms. The third-order valence-corrected chi connectivity index (χ3v) is 5.03. The zero-order valence-corrected chi connectivity index (χ0v) is 14.8. The van der Waals surface area contributed by atoms with E-state index in [1.807, 2.05) is 7.05 Å². The van der Waals surface area contributed by atoms with Crippen LogP contribution in [0.25, 0.3) is 0 Å². The lowest BCUT2D eigenvalue weighted by molar-refractivity contribution is -0.108. The van der Waals surface area contributed by atoms with Crippen molar-refractivity contribution < 1.29 is 9.53 Å². The summed E-state index contributed by atoms with van der Waals surface area (Å²) in [5, 5.41) is 3.10. The average molecular weight is 331 g/mol. The molecular weight excluding hydrogens is 302 g/mol. The number of nitrogens with one attached hydrogen (secondary N) is 1. The highest BCUT2D eigenvalue weighted by Gasteiger charge is 2.35. The Morgan fingerprint density at radius 1 is 1.38 bits per heavy atom. The van der Waals surface area contributed by atoms with Crippen LogP contribution in [0.2, 0.25) is 0 Å². The summed E-state index contributed by atoms with van der Waals surface area (Å²) < 4.78 is 5.26. The lowest BCUT2D eigenvalue weighted by atomic mass is 9.88. The number of benzene rings is 1. The molecular formula is C19H29N3O2. The minimum absolute atomic E-state index is 0.0321. The Balaban J connectivity index is 1.37. The molecule has 1 atom stereocenters. The molecule has 132 valence electrons. The number of amides is 2. The first kappa shape index (κ1) is 17.2. The Morgan fingerprint density at radius 2 is 2.12 bits per heavy atom. The van der Waals surface area contributed by atoms with Gasteiger partial charge in [-0.1, -0.05) is 37.3 Å². The maximum absolute atomic E-state index is 12.3. The predicted octanol–water partition coefficient (Wildman–Crippen LogP) is 2.19. The maximum Gasteiger partial charge on any atom is 0.317 e. The van der Waals surface area contributed by atoms with E-state index in [-0.39, 0.29) is 11.4 Å². The highest BCUT2D eigenvalue weighted by molar-refractivity contribution is 5.73. The number of hydrogen-bond donors (Lipinski definition) is 1. The number of likely N-dealkylation sites (tertiary alicyclic amines) is 1. The van der Waals surface area contributed by atoms with Crippen LogP contribution in [-0.2, 0) is 11.3 Å². The van der Waals surface area contributed by atoms with Gasteiger partial charge in [-0.2, -0.15) is 0 Å². The van der Waals surface area contributed by atoms with Crippen molar-refractivity contribution in [1.29, 1.82) is 0 Å². The number of carbonyl (C=O) groups excluding carboxylic acids is 1. The molecule has 0 bridgehead atoms. The molecule has 2 aliphatic rings. The summed E-state index contributed by atoms with van der Waals surface area (Å²) in [5.74, 6) is 0.550. The van der Waals surface area contributed by atoms with E-state index in [9.17, 15) is 4.79 Å². The van der Waals surface area contributed by atoms with Gasteiger partial charge in [-0.05, 0) is 24.4 Å². The van der Waals surface area contributed by atoms with Crippen molar-refractivity contribution in [2.24, 2.45) is 11.3 Å². The smallest absolute Gasteiger partial charge is 0.317 e. The Hall–Kier alpha value is -1.59. The second-order valence-electron chi connectivity index (χ2n) is 7.72. The number of nitrogens with zero attached hydrogens (tertiary/aromatic N) is 2. The van der Waals surface area contributed by atoms with E-state index >= 15 is 0 Å². The normalized spacial score (nSPS) is 22.8. The van der Waals surface area contributed by atoms with E-state index in [1.54, 1.807) is 4.90 Å². The molecule has 2 aliphatic heterocycles. The van der Waals surface area contributed by atoms with Gasteiger partial charge >= 0.3 is 6.03 Å². The van der Waals surface area contributed by atoms with Crippen LogP contribution in [0, 0.1) is 11.3 Å². The molecule has 2 amide bonds. The molecule has 0 radical (unpaired) electrons. The van der Waals surface area contributed by atoms with Crippen molar-refractivity contribution in [3.63, 3.8) is 0 Å². The molecule has 1 N–H and O–H groups in total. The Labute approximate surface area is 145 Å². The van der Waals surface area contributed by atoms with E-state index in [0.29, 0.717) is 5.92 Å². The first-order chi connectivity index (χ1) is 11.5. The number of rotatable bonds is 6. The van der Waals surface area contributed by atoms with E-state index < -0.39 is 0 Å². The van der Waals surface area contributed by atoms with Crippen molar-refractivity contribution in [3.8, 4) is 0 Å². The summed E-state index contributed by atoms with van der Waals surface area (Å²) in [4.78, 5) is 16.5. The number of carbonyl (C=O) groups is 1. The lowest BCUT2D eigenvalue weighted by Gasteiger charge is -2.40. The van der Waals surface area contributed by atoms with Crippen molar-refractivity contribution in [3.05, 3.63) is 35.9 Å². The molecule has 24 heavy (non-hydrogen) atoms. The average Bonchev–Trinajstić information content (AvgIpc) is 2.99. The van der Waals surface area contributed by atoms with Crippen LogP contribution in [0.4, 0.5) is 4.79 Å². The van der Waals surface area contributed by atoms with Gasteiger partial charge in [0.05, 0.1) is 13.2 Å². The van der Waals surface area contributed by atoms with Gasteiger partial charge in [0.2, 0.25) is 0 Å². The van der Waals surface area contributed by atoms with Crippen molar-refractivity contribution in [2.45, 2.75) is 19.9 Å². The van der Waals surface area contributed by atoms with Gasteiger partial charge in [0, 0.05) is 38.6 Å². The lowest BCUT2D eigenvalue weighted by Crippen LogP contribution is -2.51. The maximum atomic E-state index is 12.3. The fourth-order valence-corrected chi connectivity index (χ4v) is 3.62. The SMILES string of the molecule is CN(CC1(C)COC1)C(=O)NC[C@@H]1CCN(Cc2ccccc2)C1. The zero-order chi connectivity index (χ0) is 17.0. The monoisotopic (exact) mass is 331 g/mol. The summed E-state index contributed by atoms with van der Waals surface area (Å²) in [7, 11) is 1.87. The molecule has 0 aliphatic carbocycles. The van der Waals surface area contributed by atoms with Crippen LogP contribution in [-0.4, -0.2) is 62.3 Å². The summed E-state index contributed by atoms with van der Waals surface area (Å²) in [5.41, 5.74) is 1.49. The molecule has 0 saturated carbocycles. The Kier molecular flexibility index (Phi) is 5.41. The zero-order valence-electron chi connectivity index (χ0n) is 14.8. The summed E-state index contributed by atoms with van der Waals surface area (Å²) >= 11 is 0. The first-order valence-electron chi connectivity index (χ1n) is 8.87. The summed E-state index contributed by atoms with van der Waals surface area (Å²) in [6, 6.07) is 10.6. The van der Waals surface area contributed by atoms with Crippen LogP contribution < -0.4 is 5.32 Å². The topological polar surface area (TPSA) is 44.8 Å². The van der Waals surface area contributed by atoms with Crippen molar-refractivity contribution in [1.82, 2.24) is 15.1 Å². The highest BCUT2D eigenvalue weighted by Crippen LogP contribution is 2.27. The number of ether oxygens (including phenoxy) is 1. The predicted molar refractivity (Wildman–Crippen MR) is 94.8 cm³/mol. The van der Waals surface area contributed by atoms with Gasteiger partial charge in [0.1, 0.15) is 0 Å². The standard InChI is InChI=1S/C19H29N3O2/c1-19(14-24-15-19)13-21(2)18(23)20-10-17-8-9-22(12-17)11-16-6-4-3-5-7-16/h3-7,17H,8-15H2,1-2H3,(H,20,23)/t17-/m0/s1. The quantitative estimate of drug-likeness (QED) is 0.869. The van der Waals surface area contributed by atoms with Crippen LogP contribution in [0.5, 0.6) is 0 Å². The molecule has 5 heteroatoms. The fraction of sp³-hybridized carbons (Fsp3) is 0.632. The number of hydrogen-bond acceptors (Lipinski definition) is 3. The second-order valence-corrected chi connectivity index (χ2v) is 7.72. The molecule has 0 unspecified atom stereocenters. The van der Waals surface area contributed by atoms with E-state index in [4.69, 9.17) is 4.74 Å². The third-order valence-electron chi connectivity index (χ3n) is 5.03. The molecule has 0 aromatic heterocycles. The van der Waals surface area contributed by atoms with E-state index in [1.165, 1.54) is 5.56 Å². The molecule has 1 aromatic rings. The van der Waals surface area contributed by atoms with E-state index in [2.05, 4.69) is 47.5 Å². The molecule has 2 fully saturated rings. The minimum atomic E-state index is 0.0321. The van der Waals surface area contributed by atoms with Crippen LogP contribution in [0.15, 0.2) is 30.3 Å². The van der Waals surface area contributed by atoms with Crippen LogP contribution in [0.3, 0.4) is 0 Å². The Morgan fingerprint density at radius 3 is 2.79 bits per heavy atom. The molecule has 2 saturated heterocycles. The first-order valence-corrected chi connectivity index (χ1v) is 8.87. The van der Waals surface area contributed by atoms with E-state index in [0.717, 1.165) is 52.4 Å². The largest absolute Gasteiger partial charge is 0.380 e. The molecule has 2 heterocycles. The molecule has 1 aromatic carbocycles.